The number of carbonyl (C=O) groups is 1. The van der Waals surface area contributed by atoms with Gasteiger partial charge in [0.2, 0.25) is 15.9 Å². The van der Waals surface area contributed by atoms with Crippen LogP contribution in [0.25, 0.3) is 6.08 Å². The van der Waals surface area contributed by atoms with E-state index in [0.717, 1.165) is 35.9 Å². The first-order valence-corrected chi connectivity index (χ1v) is 10.4. The molecule has 5 nitrogen and oxygen atoms in total. The second-order valence-corrected chi connectivity index (χ2v) is 8.32. The summed E-state index contributed by atoms with van der Waals surface area (Å²) >= 11 is 5.84. The Morgan fingerprint density at radius 1 is 1.10 bits per heavy atom. The van der Waals surface area contributed by atoms with Crippen LogP contribution in [-0.2, 0) is 27.5 Å². The molecule has 2 N–H and O–H groups in total. The molecule has 2 rings (SSSR count). The third-order valence-electron chi connectivity index (χ3n) is 3.75. The minimum Gasteiger partial charge on any atom is -0.351 e. The van der Waals surface area contributed by atoms with E-state index in [9.17, 15) is 26.4 Å². The molecule has 156 valence electrons. The van der Waals surface area contributed by atoms with Gasteiger partial charge in [-0.1, -0.05) is 41.9 Å². The second kappa shape index (κ2) is 9.91. The highest BCUT2D eigenvalue weighted by Gasteiger charge is 2.30. The molecule has 0 atom stereocenters. The van der Waals surface area contributed by atoms with Crippen LogP contribution in [0.15, 0.2) is 54.6 Å². The maximum atomic E-state index is 12.7. The highest BCUT2D eigenvalue weighted by atomic mass is 35.5. The van der Waals surface area contributed by atoms with Crippen LogP contribution in [0.2, 0.25) is 5.02 Å². The number of halogens is 4. The van der Waals surface area contributed by atoms with Gasteiger partial charge in [-0.15, -0.1) is 0 Å². The number of amides is 1. The number of hydrogen-bond acceptors (Lipinski definition) is 3. The van der Waals surface area contributed by atoms with Gasteiger partial charge in [0, 0.05) is 24.2 Å². The summed E-state index contributed by atoms with van der Waals surface area (Å²) in [5, 5.41) is 2.41. The average Bonchev–Trinajstić information content (AvgIpc) is 2.65. The molecule has 0 radical (unpaired) electrons. The van der Waals surface area contributed by atoms with Crippen molar-refractivity contribution in [2.24, 2.45) is 0 Å². The van der Waals surface area contributed by atoms with Gasteiger partial charge in [0.25, 0.3) is 0 Å². The molecule has 0 spiro atoms. The highest BCUT2D eigenvalue weighted by molar-refractivity contribution is 7.89. The van der Waals surface area contributed by atoms with Gasteiger partial charge in [0.05, 0.1) is 11.3 Å². The first-order chi connectivity index (χ1) is 13.6. The van der Waals surface area contributed by atoms with Gasteiger partial charge in [-0.05, 0) is 35.4 Å². The number of alkyl halides is 3. The largest absolute Gasteiger partial charge is 0.416 e. The average molecular weight is 447 g/mol. The fraction of sp³-hybridized carbons (Fsp3) is 0.211. The lowest BCUT2D eigenvalue weighted by atomic mass is 10.1. The van der Waals surface area contributed by atoms with Crippen molar-refractivity contribution in [3.8, 4) is 0 Å². The second-order valence-electron chi connectivity index (χ2n) is 5.98. The van der Waals surface area contributed by atoms with Crippen molar-refractivity contribution < 1.29 is 26.4 Å². The molecule has 0 aliphatic heterocycles. The molecule has 1 amide bonds. The Morgan fingerprint density at radius 2 is 1.79 bits per heavy atom. The van der Waals surface area contributed by atoms with Crippen LogP contribution in [0.3, 0.4) is 0 Å². The van der Waals surface area contributed by atoms with Gasteiger partial charge in [0.15, 0.2) is 0 Å². The summed E-state index contributed by atoms with van der Waals surface area (Å²) < 4.78 is 64.5. The van der Waals surface area contributed by atoms with E-state index in [0.29, 0.717) is 0 Å². The number of benzene rings is 2. The van der Waals surface area contributed by atoms with E-state index >= 15 is 0 Å². The van der Waals surface area contributed by atoms with Crippen LogP contribution in [0, 0.1) is 0 Å². The Hall–Kier alpha value is -2.36. The molecule has 0 heterocycles. The monoisotopic (exact) mass is 446 g/mol. The maximum Gasteiger partial charge on any atom is 0.416 e. The Kier molecular flexibility index (Phi) is 7.83. The Bertz CT molecular complexity index is 978. The number of hydrogen-bond donors (Lipinski definition) is 2. The molecule has 0 aliphatic rings. The molecular formula is C19H18ClF3N2O3S. The minimum atomic E-state index is -4.53. The summed E-state index contributed by atoms with van der Waals surface area (Å²) in [6.07, 6.45) is -2.41. The zero-order valence-electron chi connectivity index (χ0n) is 15.0. The van der Waals surface area contributed by atoms with E-state index in [1.54, 1.807) is 24.3 Å². The fourth-order valence-corrected chi connectivity index (χ4v) is 3.32. The van der Waals surface area contributed by atoms with Crippen LogP contribution in [0.1, 0.15) is 16.7 Å². The fourth-order valence-electron chi connectivity index (χ4n) is 2.24. The van der Waals surface area contributed by atoms with Gasteiger partial charge < -0.3 is 5.32 Å². The molecular weight excluding hydrogens is 429 g/mol. The summed E-state index contributed by atoms with van der Waals surface area (Å²) in [5.74, 6) is -0.999. The molecule has 0 aliphatic carbocycles. The molecule has 0 saturated heterocycles. The lowest BCUT2D eigenvalue weighted by molar-refractivity contribution is -0.137. The SMILES string of the molecule is O=C(/C=C/c1cc(C(F)(F)F)ccc1Cl)NCCS(=O)(=O)NCc1ccccc1. The van der Waals surface area contributed by atoms with Gasteiger partial charge in [-0.2, -0.15) is 13.2 Å². The maximum absolute atomic E-state index is 12.7. The summed E-state index contributed by atoms with van der Waals surface area (Å²) in [4.78, 5) is 11.8. The summed E-state index contributed by atoms with van der Waals surface area (Å²) in [5.41, 5.74) is -0.0765. The van der Waals surface area contributed by atoms with Crippen molar-refractivity contribution in [3.63, 3.8) is 0 Å². The van der Waals surface area contributed by atoms with Crippen LogP contribution in [-0.4, -0.2) is 26.6 Å². The molecule has 0 saturated carbocycles. The molecule has 0 aromatic heterocycles. The lowest BCUT2D eigenvalue weighted by Gasteiger charge is -2.08. The zero-order valence-corrected chi connectivity index (χ0v) is 16.6. The van der Waals surface area contributed by atoms with Gasteiger partial charge in [-0.25, -0.2) is 13.1 Å². The molecule has 0 fully saturated rings. The van der Waals surface area contributed by atoms with Crippen molar-refractivity contribution in [1.29, 1.82) is 0 Å². The predicted octanol–water partition coefficient (Wildman–Crippen LogP) is 3.61. The normalized spacial score (nSPS) is 12.3. The van der Waals surface area contributed by atoms with Crippen LogP contribution >= 0.6 is 11.6 Å². The number of carbonyl (C=O) groups excluding carboxylic acids is 1. The van der Waals surface area contributed by atoms with Crippen LogP contribution in [0.5, 0.6) is 0 Å². The van der Waals surface area contributed by atoms with Gasteiger partial charge in [0.1, 0.15) is 0 Å². The summed E-state index contributed by atoms with van der Waals surface area (Å²) in [6, 6.07) is 11.7. The van der Waals surface area contributed by atoms with E-state index in [4.69, 9.17) is 11.6 Å². The lowest BCUT2D eigenvalue weighted by Crippen LogP contribution is -2.33. The Labute approximate surface area is 171 Å². The van der Waals surface area contributed by atoms with E-state index in [1.165, 1.54) is 0 Å². The first kappa shape index (κ1) is 22.9. The molecule has 29 heavy (non-hydrogen) atoms. The number of sulfonamides is 1. The van der Waals surface area contributed by atoms with Crippen molar-refractivity contribution in [2.45, 2.75) is 12.7 Å². The predicted molar refractivity (Wildman–Crippen MR) is 106 cm³/mol. The van der Waals surface area contributed by atoms with Crippen LogP contribution in [0.4, 0.5) is 13.2 Å². The Balaban J connectivity index is 1.85. The van der Waals surface area contributed by atoms with E-state index < -0.39 is 27.7 Å². The standard InChI is InChI=1S/C19H18ClF3N2O3S/c20-17-8-7-16(19(21,22)23)12-15(17)6-9-18(26)24-10-11-29(27,28)25-13-14-4-2-1-3-5-14/h1-9,12,25H,10-11,13H2,(H,24,26)/b9-6+. The molecule has 0 bridgehead atoms. The van der Waals surface area contributed by atoms with Crippen molar-refractivity contribution in [2.75, 3.05) is 12.3 Å². The minimum absolute atomic E-state index is 0.0220. The van der Waals surface area contributed by atoms with E-state index in [-0.39, 0.29) is 29.4 Å². The van der Waals surface area contributed by atoms with Crippen LogP contribution < -0.4 is 10.0 Å². The quantitative estimate of drug-likeness (QED) is 0.608. The van der Waals surface area contributed by atoms with Crippen molar-refractivity contribution in [3.05, 3.63) is 76.3 Å². The molecule has 0 unspecified atom stereocenters. The first-order valence-electron chi connectivity index (χ1n) is 8.41. The van der Waals surface area contributed by atoms with Crippen molar-refractivity contribution in [1.82, 2.24) is 10.0 Å². The number of rotatable bonds is 8. The van der Waals surface area contributed by atoms with Gasteiger partial charge >= 0.3 is 6.18 Å². The third-order valence-corrected chi connectivity index (χ3v) is 5.42. The summed E-state index contributed by atoms with van der Waals surface area (Å²) in [7, 11) is -3.61. The summed E-state index contributed by atoms with van der Waals surface area (Å²) in [6.45, 7) is -0.0330. The van der Waals surface area contributed by atoms with E-state index in [1.807, 2.05) is 6.07 Å². The molecule has 2 aromatic rings. The van der Waals surface area contributed by atoms with Gasteiger partial charge in [-0.3, -0.25) is 4.79 Å². The van der Waals surface area contributed by atoms with Crippen molar-refractivity contribution >= 4 is 33.6 Å². The van der Waals surface area contributed by atoms with E-state index in [2.05, 4.69) is 10.0 Å². The molecule has 2 aromatic carbocycles. The third kappa shape index (κ3) is 7.88. The topological polar surface area (TPSA) is 75.3 Å². The highest BCUT2D eigenvalue weighted by Crippen LogP contribution is 2.32. The number of nitrogens with one attached hydrogen (secondary N) is 2. The zero-order chi connectivity index (χ0) is 21.5. The smallest absolute Gasteiger partial charge is 0.351 e. The Morgan fingerprint density at radius 3 is 2.45 bits per heavy atom. The molecule has 10 heteroatoms.